The Bertz CT molecular complexity index is 1360. The van der Waals surface area contributed by atoms with Gasteiger partial charge in [-0.15, -0.1) is 10.2 Å². The van der Waals surface area contributed by atoms with Crippen LogP contribution in [0.1, 0.15) is 27.8 Å². The lowest BCUT2D eigenvalue weighted by molar-refractivity contribution is -0.193. The number of carbonyl (C=O) groups is 3. The maximum atomic E-state index is 12.5. The summed E-state index contributed by atoms with van der Waals surface area (Å²) in [6.45, 7) is 4.68. The number of rotatable bonds is 7. The minimum Gasteiger partial charge on any atom is -0.475 e. The molecule has 1 unspecified atom stereocenters. The summed E-state index contributed by atoms with van der Waals surface area (Å²) in [4.78, 5) is 35.0. The van der Waals surface area contributed by atoms with Gasteiger partial charge in [0, 0.05) is 46.0 Å². The second-order valence-corrected chi connectivity index (χ2v) is 9.28. The number of ether oxygens (including phenoxy) is 1. The number of halogens is 6. The Balaban J connectivity index is 0.000000402. The summed E-state index contributed by atoms with van der Waals surface area (Å²) < 4.78 is 70.4. The number of carboxylic acids is 2. The lowest BCUT2D eigenvalue weighted by Gasteiger charge is -2.38. The van der Waals surface area contributed by atoms with Gasteiger partial charge in [-0.2, -0.15) is 26.3 Å². The summed E-state index contributed by atoms with van der Waals surface area (Å²) in [5.74, 6) is -4.78. The molecule has 1 atom stereocenters. The summed E-state index contributed by atoms with van der Waals surface area (Å²) in [7, 11) is 3.73. The highest BCUT2D eigenvalue weighted by molar-refractivity contribution is 5.94. The highest BCUT2D eigenvalue weighted by Crippen LogP contribution is 2.25. The van der Waals surface area contributed by atoms with E-state index in [1.54, 1.807) is 13.2 Å². The van der Waals surface area contributed by atoms with Crippen LogP contribution in [0.5, 0.6) is 0 Å². The molecule has 1 saturated heterocycles. The molecule has 2 aromatic heterocycles. The van der Waals surface area contributed by atoms with Gasteiger partial charge in [0.1, 0.15) is 0 Å². The Kier molecular flexibility index (Phi) is 13.0. The number of alkyl halides is 6. The normalized spacial score (nSPS) is 15.9. The molecule has 0 radical (unpaired) electrons. The molecule has 4 rings (SSSR count). The number of pyridine rings is 1. The largest absolute Gasteiger partial charge is 0.490 e. The van der Waals surface area contributed by atoms with E-state index in [0.717, 1.165) is 37.7 Å². The zero-order valence-corrected chi connectivity index (χ0v) is 23.5. The van der Waals surface area contributed by atoms with E-state index < -0.39 is 24.3 Å². The molecule has 1 aliphatic rings. The molecule has 3 N–H and O–H groups in total. The number of hydrogen-bond acceptors (Lipinski definition) is 8. The molecular weight excluding hydrogens is 606 g/mol. The summed E-state index contributed by atoms with van der Waals surface area (Å²) in [5, 5.41) is 25.9. The van der Waals surface area contributed by atoms with Crippen molar-refractivity contribution in [1.82, 2.24) is 29.7 Å². The van der Waals surface area contributed by atoms with Crippen molar-refractivity contribution in [3.8, 4) is 0 Å². The van der Waals surface area contributed by atoms with Crippen LogP contribution in [-0.4, -0.2) is 112 Å². The van der Waals surface area contributed by atoms with Crippen LogP contribution in [0, 0.1) is 0 Å². The number of fused-ring (bicyclic) bond motifs is 1. The molecule has 0 aliphatic carbocycles. The van der Waals surface area contributed by atoms with Crippen molar-refractivity contribution >= 4 is 23.5 Å². The SMILES string of the molecule is COCCNC(=O)c1ccc2nnc(C3CN(Cc4ccccc4)CCN3C)n2c1.O=C(O)C(F)(F)F.O=C(O)C(F)(F)F. The third kappa shape index (κ3) is 11.1. The number of amides is 1. The second kappa shape index (κ2) is 16.0. The van der Waals surface area contributed by atoms with Gasteiger partial charge < -0.3 is 20.3 Å². The lowest BCUT2D eigenvalue weighted by Crippen LogP contribution is -2.46. The van der Waals surface area contributed by atoms with Crippen LogP contribution in [-0.2, 0) is 20.9 Å². The molecule has 242 valence electrons. The first kappa shape index (κ1) is 35.9. The van der Waals surface area contributed by atoms with Crippen LogP contribution in [0.15, 0.2) is 48.7 Å². The molecule has 1 fully saturated rings. The summed E-state index contributed by atoms with van der Waals surface area (Å²) in [5.41, 5.74) is 2.63. The molecule has 3 heterocycles. The van der Waals surface area contributed by atoms with Crippen LogP contribution in [0.2, 0.25) is 0 Å². The number of methoxy groups -OCH3 is 1. The molecule has 0 bridgehead atoms. The van der Waals surface area contributed by atoms with E-state index in [-0.39, 0.29) is 11.9 Å². The van der Waals surface area contributed by atoms with Crippen LogP contribution >= 0.6 is 0 Å². The van der Waals surface area contributed by atoms with Gasteiger partial charge in [0.2, 0.25) is 0 Å². The van der Waals surface area contributed by atoms with Crippen molar-refractivity contribution in [3.05, 3.63) is 65.6 Å². The number of carboxylic acid groups (broad SMARTS) is 2. The number of carbonyl (C=O) groups excluding carboxylic acids is 1. The molecule has 44 heavy (non-hydrogen) atoms. The third-order valence-corrected chi connectivity index (χ3v) is 6.05. The minimum atomic E-state index is -5.08. The zero-order valence-electron chi connectivity index (χ0n) is 23.5. The van der Waals surface area contributed by atoms with Crippen molar-refractivity contribution in [1.29, 1.82) is 0 Å². The predicted octanol–water partition coefficient (Wildman–Crippen LogP) is 2.86. The highest BCUT2D eigenvalue weighted by Gasteiger charge is 2.39. The molecule has 1 aliphatic heterocycles. The van der Waals surface area contributed by atoms with E-state index in [4.69, 9.17) is 24.5 Å². The monoisotopic (exact) mass is 636 g/mol. The van der Waals surface area contributed by atoms with Crippen molar-refractivity contribution in [2.45, 2.75) is 24.9 Å². The van der Waals surface area contributed by atoms with Crippen molar-refractivity contribution < 1.29 is 55.7 Å². The molecule has 0 saturated carbocycles. The lowest BCUT2D eigenvalue weighted by atomic mass is 10.1. The standard InChI is InChI=1S/C22H28N6O2.2C2HF3O2/c1-26-11-12-27(14-17-6-4-3-5-7-17)16-19(26)21-25-24-20-9-8-18(15-28(20)21)22(29)23-10-13-30-2;2*3-2(4,5)1(6)7/h3-9,15,19H,10-14,16H2,1-2H3,(H,23,29);2*(H,6,7). The number of likely N-dealkylation sites (N-methyl/N-ethyl adjacent to an activating group) is 1. The van der Waals surface area contributed by atoms with Gasteiger partial charge in [-0.3, -0.25) is 19.0 Å². The highest BCUT2D eigenvalue weighted by atomic mass is 19.4. The van der Waals surface area contributed by atoms with Gasteiger partial charge >= 0.3 is 24.3 Å². The Hall–Kier alpha value is -4.29. The Morgan fingerprint density at radius 1 is 0.955 bits per heavy atom. The van der Waals surface area contributed by atoms with E-state index in [1.165, 1.54) is 5.56 Å². The fraction of sp³-hybridized carbons (Fsp3) is 0.423. The Labute approximate surface area is 246 Å². The summed E-state index contributed by atoms with van der Waals surface area (Å²) in [6, 6.07) is 14.2. The molecule has 12 nitrogen and oxygen atoms in total. The number of aromatic nitrogens is 3. The molecule has 3 aromatic rings. The number of piperazine rings is 1. The number of aliphatic carboxylic acids is 2. The summed E-state index contributed by atoms with van der Waals surface area (Å²) in [6.07, 6.45) is -8.34. The van der Waals surface area contributed by atoms with Gasteiger partial charge in [-0.1, -0.05) is 30.3 Å². The number of nitrogens with zero attached hydrogens (tertiary/aromatic N) is 5. The molecule has 1 aromatic carbocycles. The maximum absolute atomic E-state index is 12.5. The average molecular weight is 637 g/mol. The average Bonchev–Trinajstić information content (AvgIpc) is 3.37. The Morgan fingerprint density at radius 2 is 1.55 bits per heavy atom. The number of nitrogens with one attached hydrogen (secondary N) is 1. The first-order valence-electron chi connectivity index (χ1n) is 12.7. The second-order valence-electron chi connectivity index (χ2n) is 9.28. The molecular formula is C26H30F6N6O6. The van der Waals surface area contributed by atoms with Crippen LogP contribution in [0.25, 0.3) is 5.65 Å². The number of hydrogen-bond donors (Lipinski definition) is 3. The fourth-order valence-corrected chi connectivity index (χ4v) is 3.83. The van der Waals surface area contributed by atoms with Gasteiger partial charge in [0.15, 0.2) is 11.5 Å². The molecule has 1 amide bonds. The smallest absolute Gasteiger partial charge is 0.475 e. The van der Waals surface area contributed by atoms with Gasteiger partial charge in [-0.05, 0) is 24.7 Å². The first-order chi connectivity index (χ1) is 20.5. The summed E-state index contributed by atoms with van der Waals surface area (Å²) >= 11 is 0. The zero-order chi connectivity index (χ0) is 33.1. The Morgan fingerprint density at radius 3 is 2.09 bits per heavy atom. The van der Waals surface area contributed by atoms with Crippen molar-refractivity contribution in [2.75, 3.05) is 46.9 Å². The van der Waals surface area contributed by atoms with Crippen LogP contribution < -0.4 is 5.32 Å². The molecule has 0 spiro atoms. The van der Waals surface area contributed by atoms with Crippen molar-refractivity contribution in [2.24, 2.45) is 0 Å². The minimum absolute atomic E-state index is 0.101. The van der Waals surface area contributed by atoms with Gasteiger partial charge in [-0.25, -0.2) is 9.59 Å². The predicted molar refractivity (Wildman–Crippen MR) is 142 cm³/mol. The van der Waals surface area contributed by atoms with E-state index in [9.17, 15) is 31.1 Å². The quantitative estimate of drug-likeness (QED) is 0.261. The van der Waals surface area contributed by atoms with Crippen molar-refractivity contribution in [3.63, 3.8) is 0 Å². The topological polar surface area (TPSA) is 150 Å². The van der Waals surface area contributed by atoms with E-state index in [2.05, 4.69) is 56.6 Å². The molecule has 18 heteroatoms. The van der Waals surface area contributed by atoms with E-state index >= 15 is 0 Å². The van der Waals surface area contributed by atoms with Crippen LogP contribution in [0.3, 0.4) is 0 Å². The number of benzene rings is 1. The third-order valence-electron chi connectivity index (χ3n) is 6.05. The van der Waals surface area contributed by atoms with Gasteiger partial charge in [0.05, 0.1) is 18.2 Å². The van der Waals surface area contributed by atoms with Gasteiger partial charge in [0.25, 0.3) is 5.91 Å². The maximum Gasteiger partial charge on any atom is 0.490 e. The van der Waals surface area contributed by atoms with Crippen LogP contribution in [0.4, 0.5) is 26.3 Å². The fourth-order valence-electron chi connectivity index (χ4n) is 3.83. The first-order valence-corrected chi connectivity index (χ1v) is 12.7. The van der Waals surface area contributed by atoms with E-state index in [1.807, 2.05) is 22.7 Å². The van der Waals surface area contributed by atoms with E-state index in [0.29, 0.717) is 18.7 Å².